The highest BCUT2D eigenvalue weighted by Gasteiger charge is 2.29. The van der Waals surface area contributed by atoms with Crippen molar-refractivity contribution in [3.8, 4) is 0 Å². The summed E-state index contributed by atoms with van der Waals surface area (Å²) in [5.41, 5.74) is 1.87. The number of benzene rings is 2. The topological polar surface area (TPSA) is 86.7 Å². The van der Waals surface area contributed by atoms with Crippen LogP contribution >= 0.6 is 11.6 Å². The maximum atomic E-state index is 12.6. The Bertz CT molecular complexity index is 1100. The van der Waals surface area contributed by atoms with Crippen molar-refractivity contribution in [2.75, 3.05) is 13.1 Å². The summed E-state index contributed by atoms with van der Waals surface area (Å²) >= 11 is 6.29. The van der Waals surface area contributed by atoms with Crippen LogP contribution in [0.2, 0.25) is 5.02 Å². The molecule has 1 aliphatic rings. The number of carbonyl (C=O) groups is 3. The van der Waals surface area contributed by atoms with Gasteiger partial charge in [-0.05, 0) is 52.9 Å². The van der Waals surface area contributed by atoms with Gasteiger partial charge >= 0.3 is 12.1 Å². The number of aliphatic carboxylic acids is 1. The Hall–Kier alpha value is -3.33. The van der Waals surface area contributed by atoms with Crippen LogP contribution in [-0.4, -0.2) is 40.9 Å². The summed E-state index contributed by atoms with van der Waals surface area (Å²) in [6.07, 6.45) is -1.56. The second-order valence-electron chi connectivity index (χ2n) is 7.52. The van der Waals surface area contributed by atoms with E-state index in [4.69, 9.17) is 16.7 Å². The largest absolute Gasteiger partial charge is 0.481 e. The van der Waals surface area contributed by atoms with Gasteiger partial charge in [0.1, 0.15) is 0 Å². The molecule has 1 heterocycles. The van der Waals surface area contributed by atoms with Gasteiger partial charge in [0.05, 0.1) is 18.5 Å². The lowest BCUT2D eigenvalue weighted by Gasteiger charge is -2.30. The third kappa shape index (κ3) is 6.58. The highest BCUT2D eigenvalue weighted by atomic mass is 35.5. The highest BCUT2D eigenvalue weighted by Crippen LogP contribution is 2.30. The maximum Gasteiger partial charge on any atom is 0.416 e. The molecule has 0 bridgehead atoms. The monoisotopic (exact) mass is 480 g/mol. The molecule has 2 amide bonds. The van der Waals surface area contributed by atoms with Gasteiger partial charge in [-0.25, -0.2) is 0 Å². The van der Waals surface area contributed by atoms with Crippen molar-refractivity contribution >= 4 is 35.5 Å². The molecular weight excluding hydrogens is 461 g/mol. The summed E-state index contributed by atoms with van der Waals surface area (Å²) in [6.45, 7) is 0.397. The minimum atomic E-state index is -4.43. The summed E-state index contributed by atoms with van der Waals surface area (Å²) < 4.78 is 37.8. The van der Waals surface area contributed by atoms with E-state index in [0.717, 1.165) is 29.3 Å². The second-order valence-corrected chi connectivity index (χ2v) is 7.93. The number of halogens is 4. The van der Waals surface area contributed by atoms with Crippen LogP contribution in [0.15, 0.2) is 42.5 Å². The highest BCUT2D eigenvalue weighted by molar-refractivity contribution is 6.31. The van der Waals surface area contributed by atoms with Crippen LogP contribution in [0.1, 0.15) is 27.8 Å². The summed E-state index contributed by atoms with van der Waals surface area (Å²) in [6, 6.07) is 7.69. The van der Waals surface area contributed by atoms with Crippen molar-refractivity contribution in [3.05, 3.63) is 75.3 Å². The van der Waals surface area contributed by atoms with Crippen LogP contribution in [-0.2, 0) is 39.9 Å². The number of rotatable bonds is 6. The number of nitrogens with zero attached hydrogens (tertiary/aromatic N) is 1. The lowest BCUT2D eigenvalue weighted by atomic mass is 9.96. The molecule has 33 heavy (non-hydrogen) atoms. The number of carboxylic acids is 1. The van der Waals surface area contributed by atoms with E-state index in [1.807, 2.05) is 0 Å². The van der Waals surface area contributed by atoms with Gasteiger partial charge in [0, 0.05) is 24.2 Å². The number of carboxylic acid groups (broad SMARTS) is 1. The molecule has 0 spiro atoms. The van der Waals surface area contributed by atoms with Gasteiger partial charge in [0.25, 0.3) is 0 Å². The smallest absolute Gasteiger partial charge is 0.416 e. The van der Waals surface area contributed by atoms with Gasteiger partial charge in [-0.3, -0.25) is 14.4 Å². The molecule has 0 atom stereocenters. The van der Waals surface area contributed by atoms with Gasteiger partial charge in [-0.1, -0.05) is 29.8 Å². The van der Waals surface area contributed by atoms with Crippen LogP contribution < -0.4 is 5.32 Å². The molecule has 10 heteroatoms. The molecule has 6 nitrogen and oxygen atoms in total. The molecule has 0 saturated carbocycles. The Kier molecular flexibility index (Phi) is 7.43. The zero-order chi connectivity index (χ0) is 24.2. The number of nitrogens with one attached hydrogen (secondary N) is 1. The molecule has 2 aromatic rings. The average Bonchev–Trinajstić information content (AvgIpc) is 2.75. The second kappa shape index (κ2) is 10.1. The zero-order valence-electron chi connectivity index (χ0n) is 17.3. The summed E-state index contributed by atoms with van der Waals surface area (Å²) in [7, 11) is 0. The van der Waals surface area contributed by atoms with Gasteiger partial charge < -0.3 is 15.3 Å². The number of alkyl halides is 3. The lowest BCUT2D eigenvalue weighted by Crippen LogP contribution is -2.42. The van der Waals surface area contributed by atoms with Crippen molar-refractivity contribution < 1.29 is 32.7 Å². The fraction of sp³-hybridized carbons (Fsp3) is 0.261. The number of hydrogen-bond acceptors (Lipinski definition) is 3. The lowest BCUT2D eigenvalue weighted by molar-refractivity contribution is -0.138. The Balaban J connectivity index is 1.53. The first-order valence-corrected chi connectivity index (χ1v) is 10.3. The van der Waals surface area contributed by atoms with Crippen molar-refractivity contribution in [2.24, 2.45) is 0 Å². The van der Waals surface area contributed by atoms with Gasteiger partial charge in [0.15, 0.2) is 0 Å². The fourth-order valence-electron chi connectivity index (χ4n) is 3.46. The minimum Gasteiger partial charge on any atom is -0.481 e. The van der Waals surface area contributed by atoms with Crippen LogP contribution in [0.4, 0.5) is 13.2 Å². The number of hydrogen-bond donors (Lipinski definition) is 2. The standard InChI is InChI=1S/C23H20ClF3N2O4/c24-19-10-15(11-22(32)33)9-16-7-8-29(13-18(16)19)21(31)12-28-20(30)6-3-14-1-4-17(5-2-14)23(25,26)27/h1-6,9-10H,7-8,11-13H2,(H,28,30)(H,32,33)/b6-3+. The van der Waals surface area contributed by atoms with Gasteiger partial charge in [0.2, 0.25) is 11.8 Å². The molecule has 0 aromatic heterocycles. The van der Waals surface area contributed by atoms with E-state index in [2.05, 4.69) is 5.32 Å². The van der Waals surface area contributed by atoms with E-state index in [0.29, 0.717) is 29.1 Å². The predicted octanol–water partition coefficient (Wildman–Crippen LogP) is 3.70. The van der Waals surface area contributed by atoms with E-state index in [9.17, 15) is 27.6 Å². The van der Waals surface area contributed by atoms with E-state index >= 15 is 0 Å². The SMILES string of the molecule is O=C(O)Cc1cc(Cl)c2c(c1)CCN(C(=O)CNC(=O)/C=C/c1ccc(C(F)(F)F)cc1)C2. The van der Waals surface area contributed by atoms with Crippen LogP contribution in [0, 0.1) is 0 Å². The average molecular weight is 481 g/mol. The van der Waals surface area contributed by atoms with Crippen LogP contribution in [0.5, 0.6) is 0 Å². The molecule has 0 fully saturated rings. The molecule has 2 N–H and O–H groups in total. The quantitative estimate of drug-likeness (QED) is 0.617. The summed E-state index contributed by atoms with van der Waals surface area (Å²) in [5.74, 6) is -1.83. The maximum absolute atomic E-state index is 12.6. The Morgan fingerprint density at radius 2 is 1.85 bits per heavy atom. The van der Waals surface area contributed by atoms with Crippen molar-refractivity contribution in [1.82, 2.24) is 10.2 Å². The van der Waals surface area contributed by atoms with E-state index < -0.39 is 23.6 Å². The fourth-order valence-corrected chi connectivity index (χ4v) is 3.78. The molecule has 0 unspecified atom stereocenters. The Labute approximate surface area is 192 Å². The van der Waals surface area contributed by atoms with Crippen LogP contribution in [0.3, 0.4) is 0 Å². The first kappa shape index (κ1) is 24.3. The van der Waals surface area contributed by atoms with E-state index in [1.165, 1.54) is 18.2 Å². The summed E-state index contributed by atoms with van der Waals surface area (Å²) in [5, 5.41) is 11.8. The van der Waals surface area contributed by atoms with Crippen molar-refractivity contribution in [1.29, 1.82) is 0 Å². The van der Waals surface area contributed by atoms with Gasteiger partial charge in [-0.15, -0.1) is 0 Å². The van der Waals surface area contributed by atoms with E-state index in [-0.39, 0.29) is 25.4 Å². The molecule has 3 rings (SSSR count). The third-order valence-electron chi connectivity index (χ3n) is 5.13. The first-order chi connectivity index (χ1) is 15.5. The normalized spacial score (nSPS) is 13.6. The Morgan fingerprint density at radius 3 is 2.48 bits per heavy atom. The van der Waals surface area contributed by atoms with Crippen LogP contribution in [0.25, 0.3) is 6.08 Å². The molecule has 174 valence electrons. The minimum absolute atomic E-state index is 0.137. The first-order valence-electron chi connectivity index (χ1n) is 9.96. The molecule has 1 aliphatic heterocycles. The number of carbonyl (C=O) groups excluding carboxylic acids is 2. The predicted molar refractivity (Wildman–Crippen MR) is 115 cm³/mol. The number of fused-ring (bicyclic) bond motifs is 1. The van der Waals surface area contributed by atoms with Gasteiger partial charge in [-0.2, -0.15) is 13.2 Å². The summed E-state index contributed by atoms with van der Waals surface area (Å²) in [4.78, 5) is 37.0. The molecule has 0 saturated heterocycles. The Morgan fingerprint density at radius 1 is 1.15 bits per heavy atom. The molecule has 0 aliphatic carbocycles. The zero-order valence-corrected chi connectivity index (χ0v) is 18.0. The third-order valence-corrected chi connectivity index (χ3v) is 5.47. The number of amides is 2. The van der Waals surface area contributed by atoms with Crippen molar-refractivity contribution in [2.45, 2.75) is 25.6 Å². The molecule has 2 aromatic carbocycles. The molecule has 0 radical (unpaired) electrons. The molecular formula is C23H20ClF3N2O4. The van der Waals surface area contributed by atoms with Crippen molar-refractivity contribution in [3.63, 3.8) is 0 Å². The van der Waals surface area contributed by atoms with E-state index in [1.54, 1.807) is 17.0 Å².